The van der Waals surface area contributed by atoms with Crippen LogP contribution in [0.1, 0.15) is 50.5 Å². The summed E-state index contributed by atoms with van der Waals surface area (Å²) in [6.45, 7) is 12.8. The number of ether oxygens (including phenoxy) is 1. The van der Waals surface area contributed by atoms with Crippen molar-refractivity contribution < 1.29 is 4.74 Å². The van der Waals surface area contributed by atoms with Crippen LogP contribution in [-0.4, -0.2) is 53.4 Å². The first-order valence-corrected chi connectivity index (χ1v) is 10.6. The SMILES string of the molecule is CCNC(=NCCc1ccc(C(C)(C)C)cc1)N1CCOC(c2cnn(C)c2)C1. The normalized spacial score (nSPS) is 18.2. The van der Waals surface area contributed by atoms with Gasteiger partial charge in [-0.1, -0.05) is 45.0 Å². The van der Waals surface area contributed by atoms with Gasteiger partial charge in [-0.25, -0.2) is 0 Å². The molecule has 6 heteroatoms. The maximum absolute atomic E-state index is 5.97. The van der Waals surface area contributed by atoms with E-state index in [-0.39, 0.29) is 11.5 Å². The number of aryl methyl sites for hydroxylation is 1. The predicted molar refractivity (Wildman–Crippen MR) is 118 cm³/mol. The number of benzene rings is 1. The predicted octanol–water partition coefficient (Wildman–Crippen LogP) is 3.30. The molecule has 1 saturated heterocycles. The average Bonchev–Trinajstić information content (AvgIpc) is 3.13. The van der Waals surface area contributed by atoms with Crippen molar-refractivity contribution in [1.82, 2.24) is 20.0 Å². The van der Waals surface area contributed by atoms with Crippen molar-refractivity contribution in [2.45, 2.75) is 45.6 Å². The molecule has 1 N–H and O–H groups in total. The van der Waals surface area contributed by atoms with Gasteiger partial charge in [-0.05, 0) is 29.9 Å². The van der Waals surface area contributed by atoms with E-state index in [1.54, 1.807) is 0 Å². The zero-order valence-electron chi connectivity index (χ0n) is 18.5. The van der Waals surface area contributed by atoms with Crippen LogP contribution in [0.2, 0.25) is 0 Å². The van der Waals surface area contributed by atoms with Crippen molar-refractivity contribution in [3.8, 4) is 0 Å². The molecule has 29 heavy (non-hydrogen) atoms. The molecule has 0 radical (unpaired) electrons. The average molecular weight is 398 g/mol. The summed E-state index contributed by atoms with van der Waals surface area (Å²) in [5, 5.41) is 7.72. The molecule has 3 rings (SSSR count). The molecule has 0 bridgehead atoms. The molecular formula is C23H35N5O. The lowest BCUT2D eigenvalue weighted by molar-refractivity contribution is -0.00803. The summed E-state index contributed by atoms with van der Waals surface area (Å²) in [6.07, 6.45) is 4.89. The fourth-order valence-corrected chi connectivity index (χ4v) is 3.54. The lowest BCUT2D eigenvalue weighted by Crippen LogP contribution is -2.48. The molecule has 2 aromatic rings. The maximum Gasteiger partial charge on any atom is 0.194 e. The molecule has 1 unspecified atom stereocenters. The van der Waals surface area contributed by atoms with Crippen LogP contribution < -0.4 is 5.32 Å². The smallest absolute Gasteiger partial charge is 0.194 e. The van der Waals surface area contributed by atoms with Gasteiger partial charge in [0.15, 0.2) is 5.96 Å². The van der Waals surface area contributed by atoms with E-state index in [1.807, 2.05) is 24.1 Å². The molecular weight excluding hydrogens is 362 g/mol. The van der Waals surface area contributed by atoms with Gasteiger partial charge in [-0.2, -0.15) is 5.10 Å². The second-order valence-electron chi connectivity index (χ2n) is 8.69. The second-order valence-corrected chi connectivity index (χ2v) is 8.69. The topological polar surface area (TPSA) is 54.7 Å². The van der Waals surface area contributed by atoms with Crippen LogP contribution in [0.25, 0.3) is 0 Å². The van der Waals surface area contributed by atoms with Gasteiger partial charge >= 0.3 is 0 Å². The molecule has 6 nitrogen and oxygen atoms in total. The number of aliphatic imine (C=N–C) groups is 1. The minimum absolute atomic E-state index is 0.0336. The van der Waals surface area contributed by atoms with E-state index >= 15 is 0 Å². The molecule has 1 fully saturated rings. The third-order valence-electron chi connectivity index (χ3n) is 5.28. The van der Waals surface area contributed by atoms with Crippen molar-refractivity contribution >= 4 is 5.96 Å². The van der Waals surface area contributed by atoms with Gasteiger partial charge < -0.3 is 15.0 Å². The number of hydrogen-bond donors (Lipinski definition) is 1. The largest absolute Gasteiger partial charge is 0.370 e. The fraction of sp³-hybridized carbons (Fsp3) is 0.565. The Bertz CT molecular complexity index is 803. The molecule has 1 aliphatic heterocycles. The van der Waals surface area contributed by atoms with Crippen LogP contribution in [0.3, 0.4) is 0 Å². The van der Waals surface area contributed by atoms with Crippen LogP contribution in [0.5, 0.6) is 0 Å². The Labute approximate surface area is 175 Å². The third kappa shape index (κ3) is 5.82. The second kappa shape index (κ2) is 9.44. The Morgan fingerprint density at radius 2 is 2.03 bits per heavy atom. The Balaban J connectivity index is 1.61. The zero-order valence-corrected chi connectivity index (χ0v) is 18.5. The molecule has 0 amide bonds. The van der Waals surface area contributed by atoms with E-state index in [0.29, 0.717) is 6.61 Å². The van der Waals surface area contributed by atoms with Gasteiger partial charge in [0.25, 0.3) is 0 Å². The highest BCUT2D eigenvalue weighted by atomic mass is 16.5. The van der Waals surface area contributed by atoms with Gasteiger partial charge in [-0.3, -0.25) is 9.67 Å². The molecule has 2 heterocycles. The first-order chi connectivity index (χ1) is 13.9. The molecule has 1 atom stereocenters. The molecule has 0 spiro atoms. The first-order valence-electron chi connectivity index (χ1n) is 10.6. The van der Waals surface area contributed by atoms with Crippen molar-refractivity contribution in [1.29, 1.82) is 0 Å². The Morgan fingerprint density at radius 3 is 2.66 bits per heavy atom. The van der Waals surface area contributed by atoms with Gasteiger partial charge in [0.2, 0.25) is 0 Å². The highest BCUT2D eigenvalue weighted by molar-refractivity contribution is 5.80. The molecule has 1 aromatic carbocycles. The van der Waals surface area contributed by atoms with Crippen molar-refractivity contribution in [3.05, 3.63) is 53.3 Å². The summed E-state index contributed by atoms with van der Waals surface area (Å²) in [6, 6.07) is 8.95. The molecule has 158 valence electrons. The third-order valence-corrected chi connectivity index (χ3v) is 5.28. The number of morpholine rings is 1. The summed E-state index contributed by atoms with van der Waals surface area (Å²) in [7, 11) is 1.93. The van der Waals surface area contributed by atoms with Gasteiger partial charge in [0, 0.05) is 38.4 Å². The standard InChI is InChI=1S/C23H35N5O/c1-6-24-22(25-12-11-18-7-9-20(10-8-18)23(2,3)4)28-13-14-29-21(17-28)19-15-26-27(5)16-19/h7-10,15-16,21H,6,11-14,17H2,1-5H3,(H,24,25). The summed E-state index contributed by atoms with van der Waals surface area (Å²) >= 11 is 0. The summed E-state index contributed by atoms with van der Waals surface area (Å²) in [5.74, 6) is 0.969. The minimum Gasteiger partial charge on any atom is -0.370 e. The number of hydrogen-bond acceptors (Lipinski definition) is 3. The number of aromatic nitrogens is 2. The van der Waals surface area contributed by atoms with Crippen LogP contribution in [0, 0.1) is 0 Å². The molecule has 1 aromatic heterocycles. The molecule has 0 saturated carbocycles. The number of nitrogens with one attached hydrogen (secondary N) is 1. The van der Waals surface area contributed by atoms with E-state index in [4.69, 9.17) is 9.73 Å². The van der Waals surface area contributed by atoms with Crippen LogP contribution in [-0.2, 0) is 23.6 Å². The molecule has 0 aliphatic carbocycles. The lowest BCUT2D eigenvalue weighted by Gasteiger charge is -2.34. The van der Waals surface area contributed by atoms with E-state index in [0.717, 1.165) is 44.1 Å². The van der Waals surface area contributed by atoms with Crippen molar-refractivity contribution in [2.24, 2.45) is 12.0 Å². The highest BCUT2D eigenvalue weighted by Crippen LogP contribution is 2.23. The summed E-state index contributed by atoms with van der Waals surface area (Å²) in [5.41, 5.74) is 4.00. The maximum atomic E-state index is 5.97. The zero-order chi connectivity index (χ0) is 20.9. The summed E-state index contributed by atoms with van der Waals surface area (Å²) < 4.78 is 7.79. The van der Waals surface area contributed by atoms with Crippen LogP contribution >= 0.6 is 0 Å². The van der Waals surface area contributed by atoms with Gasteiger partial charge in [0.05, 0.1) is 19.3 Å². The van der Waals surface area contributed by atoms with E-state index < -0.39 is 0 Å². The van der Waals surface area contributed by atoms with Crippen molar-refractivity contribution in [2.75, 3.05) is 32.8 Å². The quantitative estimate of drug-likeness (QED) is 0.621. The van der Waals surface area contributed by atoms with E-state index in [1.165, 1.54) is 11.1 Å². The molecule has 1 aliphatic rings. The lowest BCUT2D eigenvalue weighted by atomic mass is 9.86. The van der Waals surface area contributed by atoms with Crippen molar-refractivity contribution in [3.63, 3.8) is 0 Å². The highest BCUT2D eigenvalue weighted by Gasteiger charge is 2.25. The van der Waals surface area contributed by atoms with E-state index in [2.05, 4.69) is 67.3 Å². The first kappa shape index (κ1) is 21.4. The Hall–Kier alpha value is -2.34. The Kier molecular flexibility index (Phi) is 6.96. The summed E-state index contributed by atoms with van der Waals surface area (Å²) in [4.78, 5) is 7.19. The van der Waals surface area contributed by atoms with Gasteiger partial charge in [-0.15, -0.1) is 0 Å². The monoisotopic (exact) mass is 397 g/mol. The number of nitrogens with zero attached hydrogens (tertiary/aromatic N) is 4. The minimum atomic E-state index is 0.0336. The Morgan fingerprint density at radius 1 is 1.28 bits per heavy atom. The van der Waals surface area contributed by atoms with Crippen LogP contribution in [0.15, 0.2) is 41.7 Å². The fourth-order valence-electron chi connectivity index (χ4n) is 3.54. The van der Waals surface area contributed by atoms with Crippen LogP contribution in [0.4, 0.5) is 0 Å². The number of rotatable bonds is 5. The number of guanidine groups is 1. The van der Waals surface area contributed by atoms with Gasteiger partial charge in [0.1, 0.15) is 6.10 Å². The van der Waals surface area contributed by atoms with E-state index in [9.17, 15) is 0 Å².